The van der Waals surface area contributed by atoms with Gasteiger partial charge in [-0.15, -0.1) is 5.10 Å². The quantitative estimate of drug-likeness (QED) is 0.686. The van der Waals surface area contributed by atoms with Crippen LogP contribution in [0.25, 0.3) is 16.9 Å². The summed E-state index contributed by atoms with van der Waals surface area (Å²) in [6, 6.07) is 14.7. The zero-order valence-electron chi connectivity index (χ0n) is 11.2. The van der Waals surface area contributed by atoms with Crippen molar-refractivity contribution in [3.8, 4) is 22.8 Å². The molecule has 0 aliphatic heterocycles. The molecule has 0 saturated heterocycles. The second-order valence-corrected chi connectivity index (χ2v) is 4.89. The second kappa shape index (κ2) is 5.99. The number of carbonyl (C=O) groups is 1. The van der Waals surface area contributed by atoms with Crippen LogP contribution < -0.4 is 4.74 Å². The third-order valence-corrected chi connectivity index (χ3v) is 3.29. The van der Waals surface area contributed by atoms with Crippen LogP contribution in [-0.2, 0) is 4.79 Å². The number of benzene rings is 2. The van der Waals surface area contributed by atoms with Crippen LogP contribution in [0.15, 0.2) is 54.6 Å². The summed E-state index contributed by atoms with van der Waals surface area (Å²) in [4.78, 5) is 10.5. The lowest BCUT2D eigenvalue weighted by atomic mass is 10.1. The molecular weight excluding hydrogens is 307 g/mol. The van der Waals surface area contributed by atoms with E-state index in [-0.39, 0.29) is 12.4 Å². The van der Waals surface area contributed by atoms with Crippen molar-refractivity contribution in [2.75, 3.05) is 0 Å². The molecule has 0 unspecified atom stereocenters. The van der Waals surface area contributed by atoms with Crippen LogP contribution in [0.1, 0.15) is 0 Å². The Kier molecular flexibility index (Phi) is 3.89. The molecular formula is C16H10ClFN2O2. The molecule has 6 heteroatoms. The van der Waals surface area contributed by atoms with Gasteiger partial charge in [0.15, 0.2) is 0 Å². The van der Waals surface area contributed by atoms with Crippen LogP contribution in [0.3, 0.4) is 0 Å². The Labute approximate surface area is 130 Å². The van der Waals surface area contributed by atoms with Crippen molar-refractivity contribution >= 4 is 18.1 Å². The van der Waals surface area contributed by atoms with E-state index in [0.29, 0.717) is 22.0 Å². The molecule has 22 heavy (non-hydrogen) atoms. The summed E-state index contributed by atoms with van der Waals surface area (Å²) >= 11 is 5.99. The minimum atomic E-state index is -0.400. The van der Waals surface area contributed by atoms with Crippen molar-refractivity contribution in [1.82, 2.24) is 9.78 Å². The summed E-state index contributed by atoms with van der Waals surface area (Å²) in [5.41, 5.74) is 1.43. The fraction of sp³-hybridized carbons (Fsp3) is 0. The van der Waals surface area contributed by atoms with Gasteiger partial charge in [-0.2, -0.15) is 0 Å². The van der Waals surface area contributed by atoms with Crippen molar-refractivity contribution < 1.29 is 13.9 Å². The van der Waals surface area contributed by atoms with Crippen LogP contribution in [0.5, 0.6) is 5.88 Å². The van der Waals surface area contributed by atoms with Crippen LogP contribution in [0.2, 0.25) is 5.02 Å². The third kappa shape index (κ3) is 2.71. The zero-order valence-corrected chi connectivity index (χ0v) is 12.0. The van der Waals surface area contributed by atoms with Gasteiger partial charge in [0.2, 0.25) is 5.88 Å². The first-order valence-corrected chi connectivity index (χ1v) is 6.78. The molecule has 3 rings (SSSR count). The van der Waals surface area contributed by atoms with Crippen LogP contribution >= 0.6 is 11.6 Å². The monoisotopic (exact) mass is 316 g/mol. The molecule has 110 valence electrons. The first-order chi connectivity index (χ1) is 10.7. The Hall–Kier alpha value is -2.66. The Bertz CT molecular complexity index is 833. The molecule has 1 heterocycles. The lowest BCUT2D eigenvalue weighted by Crippen LogP contribution is -2.00. The predicted molar refractivity (Wildman–Crippen MR) is 80.7 cm³/mol. The highest BCUT2D eigenvalue weighted by Crippen LogP contribution is 2.29. The lowest BCUT2D eigenvalue weighted by molar-refractivity contribution is -0.120. The lowest BCUT2D eigenvalue weighted by Gasteiger charge is -2.08. The van der Waals surface area contributed by atoms with Gasteiger partial charge >= 0.3 is 0 Å². The van der Waals surface area contributed by atoms with E-state index in [1.54, 1.807) is 42.5 Å². The van der Waals surface area contributed by atoms with Gasteiger partial charge in [-0.3, -0.25) is 4.79 Å². The number of halogens is 2. The molecule has 0 N–H and O–H groups in total. The fourth-order valence-electron chi connectivity index (χ4n) is 2.13. The Balaban J connectivity index is 2.20. The molecule has 0 amide bonds. The van der Waals surface area contributed by atoms with Crippen molar-refractivity contribution in [3.63, 3.8) is 0 Å². The summed E-state index contributed by atoms with van der Waals surface area (Å²) in [5, 5.41) is 4.69. The highest BCUT2D eigenvalue weighted by molar-refractivity contribution is 6.30. The highest BCUT2D eigenvalue weighted by atomic mass is 35.5. The molecule has 4 nitrogen and oxygen atoms in total. The average Bonchev–Trinajstić information content (AvgIpc) is 2.92. The summed E-state index contributed by atoms with van der Waals surface area (Å²) in [6.07, 6.45) is 0. The topological polar surface area (TPSA) is 44.1 Å². The zero-order chi connectivity index (χ0) is 15.5. The summed E-state index contributed by atoms with van der Waals surface area (Å²) < 4.78 is 20.3. The van der Waals surface area contributed by atoms with Gasteiger partial charge in [-0.05, 0) is 30.3 Å². The molecule has 0 fully saturated rings. The van der Waals surface area contributed by atoms with Gasteiger partial charge in [0, 0.05) is 16.7 Å². The third-order valence-electron chi connectivity index (χ3n) is 3.06. The molecule has 1 aromatic heterocycles. The maximum absolute atomic E-state index is 14.1. The molecule has 3 aromatic rings. The van der Waals surface area contributed by atoms with Gasteiger partial charge in [0.25, 0.3) is 6.47 Å². The first kappa shape index (κ1) is 14.3. The number of ether oxygens (including phenoxy) is 1. The predicted octanol–water partition coefficient (Wildman–Crippen LogP) is 3.87. The number of hydrogen-bond donors (Lipinski definition) is 0. The highest BCUT2D eigenvalue weighted by Gasteiger charge is 2.15. The smallest absolute Gasteiger partial charge is 0.299 e. The Morgan fingerprint density at radius 3 is 2.68 bits per heavy atom. The van der Waals surface area contributed by atoms with Gasteiger partial charge in [-0.25, -0.2) is 9.07 Å². The van der Waals surface area contributed by atoms with Gasteiger partial charge in [0.05, 0.1) is 11.4 Å². The summed E-state index contributed by atoms with van der Waals surface area (Å²) in [7, 11) is 0. The van der Waals surface area contributed by atoms with Crippen molar-refractivity contribution in [3.05, 3.63) is 65.4 Å². The molecule has 0 aliphatic rings. The Morgan fingerprint density at radius 1 is 1.14 bits per heavy atom. The molecule has 0 saturated carbocycles. The molecule has 0 radical (unpaired) electrons. The number of nitrogens with zero attached hydrogens (tertiary/aromatic N) is 2. The van der Waals surface area contributed by atoms with Crippen LogP contribution in [0.4, 0.5) is 4.39 Å². The normalized spacial score (nSPS) is 10.5. The first-order valence-electron chi connectivity index (χ1n) is 6.40. The number of rotatable bonds is 4. The van der Waals surface area contributed by atoms with Crippen molar-refractivity contribution in [2.45, 2.75) is 0 Å². The SMILES string of the molecule is O=COc1cc(-c2ccccc2F)n(-c2cccc(Cl)c2)n1. The summed E-state index contributed by atoms with van der Waals surface area (Å²) in [5.74, 6) is -0.323. The van der Waals surface area contributed by atoms with Gasteiger partial charge in [-0.1, -0.05) is 29.8 Å². The fourth-order valence-corrected chi connectivity index (χ4v) is 2.32. The van der Waals surface area contributed by atoms with E-state index in [1.165, 1.54) is 16.8 Å². The standard InChI is InChI=1S/C16H10ClFN2O2/c17-11-4-3-5-12(8-11)20-15(9-16(19-20)22-10-21)13-6-1-2-7-14(13)18/h1-10H. The molecule has 0 aliphatic carbocycles. The maximum Gasteiger partial charge on any atom is 0.299 e. The Morgan fingerprint density at radius 2 is 1.95 bits per heavy atom. The molecule has 2 aromatic carbocycles. The largest absolute Gasteiger partial charge is 0.408 e. The van der Waals surface area contributed by atoms with Crippen molar-refractivity contribution in [2.24, 2.45) is 0 Å². The van der Waals surface area contributed by atoms with Crippen molar-refractivity contribution in [1.29, 1.82) is 0 Å². The summed E-state index contributed by atoms with van der Waals surface area (Å²) in [6.45, 7) is 0.274. The minimum absolute atomic E-state index is 0.0771. The minimum Gasteiger partial charge on any atom is -0.408 e. The van der Waals surface area contributed by atoms with E-state index < -0.39 is 5.82 Å². The van der Waals surface area contributed by atoms with Crippen LogP contribution in [-0.4, -0.2) is 16.3 Å². The second-order valence-electron chi connectivity index (χ2n) is 4.45. The van der Waals surface area contributed by atoms with E-state index >= 15 is 0 Å². The van der Waals surface area contributed by atoms with Crippen LogP contribution in [0, 0.1) is 5.82 Å². The van der Waals surface area contributed by atoms with E-state index in [1.807, 2.05) is 0 Å². The van der Waals surface area contributed by atoms with Gasteiger partial charge < -0.3 is 4.74 Å². The van der Waals surface area contributed by atoms with E-state index in [0.717, 1.165) is 0 Å². The molecule has 0 spiro atoms. The van der Waals surface area contributed by atoms with E-state index in [2.05, 4.69) is 5.10 Å². The number of carbonyl (C=O) groups excluding carboxylic acids is 1. The maximum atomic E-state index is 14.1. The molecule has 0 atom stereocenters. The van der Waals surface area contributed by atoms with E-state index in [4.69, 9.17) is 16.3 Å². The van der Waals surface area contributed by atoms with Gasteiger partial charge in [0.1, 0.15) is 5.82 Å². The molecule has 0 bridgehead atoms. The van der Waals surface area contributed by atoms with E-state index in [9.17, 15) is 9.18 Å². The number of aromatic nitrogens is 2. The number of hydrogen-bond acceptors (Lipinski definition) is 3. The average molecular weight is 317 g/mol.